The Labute approximate surface area is 324 Å². The van der Waals surface area contributed by atoms with Gasteiger partial charge in [0.15, 0.2) is 46.3 Å². The number of phenols is 1. The van der Waals surface area contributed by atoms with E-state index < -0.39 is 23.3 Å². The van der Waals surface area contributed by atoms with Crippen molar-refractivity contribution in [1.82, 2.24) is 29.9 Å². The molecular formula is C34H25Cl3F4N6O8. The molecule has 0 spiro atoms. The van der Waals surface area contributed by atoms with Crippen molar-refractivity contribution < 1.29 is 55.8 Å². The highest BCUT2D eigenvalue weighted by atomic mass is 35.5. The van der Waals surface area contributed by atoms with E-state index >= 15 is 0 Å². The first-order valence-corrected chi connectivity index (χ1v) is 16.0. The third kappa shape index (κ3) is 12.5. The van der Waals surface area contributed by atoms with Crippen molar-refractivity contribution in [3.8, 4) is 64.0 Å². The van der Waals surface area contributed by atoms with Crippen LogP contribution in [0.15, 0.2) is 72.8 Å². The SMILES string of the molecule is COc1ccc(O)cc1F.COc1ccc(Oc2nc(Oc3ccc(OC)c(F)c3)nc(Oc3ccc(OC)c(F)c3)n2)cc1F.Clc1nc(Cl)nc(Cl)n1. The third-order valence-corrected chi connectivity index (χ3v) is 6.77. The van der Waals surface area contributed by atoms with Crippen molar-refractivity contribution in [3.05, 3.63) is 112 Å². The minimum absolute atomic E-state index is 0.000000000000000444. The highest BCUT2D eigenvalue weighted by Crippen LogP contribution is 2.31. The maximum Gasteiger partial charge on any atom is 0.331 e. The number of hydrogen-bond donors (Lipinski definition) is 1. The Balaban J connectivity index is 0.000000287. The van der Waals surface area contributed by atoms with Crippen molar-refractivity contribution >= 4 is 34.8 Å². The minimum Gasteiger partial charge on any atom is -0.508 e. The van der Waals surface area contributed by atoms with Crippen LogP contribution in [0.4, 0.5) is 17.6 Å². The standard InChI is InChI=1S/C24H18F3N3O6.C7H7FO2.C3Cl3N3/c1-31-19-7-4-13(10-16(19)25)34-22-28-23(35-14-5-8-20(32-2)17(26)11-14)30-24(29-22)36-15-6-9-21(33-3)18(27)12-15;1-10-7-3-2-5(9)4-6(7)8;4-1-7-2(5)9-3(6)8-1/h4-12H,1-3H3;2-4,9H,1H3;. The van der Waals surface area contributed by atoms with Gasteiger partial charge in [0.25, 0.3) is 0 Å². The summed E-state index contributed by atoms with van der Waals surface area (Å²) in [6, 6.07) is 14.2. The lowest BCUT2D eigenvalue weighted by Crippen LogP contribution is -2.02. The summed E-state index contributed by atoms with van der Waals surface area (Å²) in [6.45, 7) is 0. The molecule has 14 nitrogen and oxygen atoms in total. The van der Waals surface area contributed by atoms with E-state index in [1.54, 1.807) is 0 Å². The van der Waals surface area contributed by atoms with Gasteiger partial charge in [-0.25, -0.2) is 17.6 Å². The molecule has 2 aromatic heterocycles. The molecule has 0 aliphatic heterocycles. The minimum atomic E-state index is -0.681. The van der Waals surface area contributed by atoms with Gasteiger partial charge in [-0.15, -0.1) is 15.0 Å². The Bertz CT molecular complexity index is 2020. The summed E-state index contributed by atoms with van der Waals surface area (Å²) in [5.41, 5.74) is 0. The maximum atomic E-state index is 14.1. The van der Waals surface area contributed by atoms with E-state index in [4.69, 9.17) is 68.3 Å². The molecule has 6 rings (SSSR count). The Hall–Kier alpha value is -6.11. The van der Waals surface area contributed by atoms with E-state index in [-0.39, 0.29) is 79.9 Å². The van der Waals surface area contributed by atoms with Crippen LogP contribution in [-0.2, 0) is 0 Å². The summed E-state index contributed by atoms with van der Waals surface area (Å²) in [5.74, 6) is -2.44. The topological polar surface area (TPSA) is 162 Å². The van der Waals surface area contributed by atoms with Gasteiger partial charge in [0.05, 0.1) is 28.4 Å². The number of halogens is 7. The summed E-state index contributed by atoms with van der Waals surface area (Å²) >= 11 is 16.0. The number of benzene rings is 4. The van der Waals surface area contributed by atoms with Crippen molar-refractivity contribution in [1.29, 1.82) is 0 Å². The highest BCUT2D eigenvalue weighted by molar-refractivity contribution is 6.33. The molecule has 21 heteroatoms. The van der Waals surface area contributed by atoms with Gasteiger partial charge in [-0.1, -0.05) is 0 Å². The van der Waals surface area contributed by atoms with E-state index in [2.05, 4.69) is 34.6 Å². The molecule has 55 heavy (non-hydrogen) atoms. The number of aromatic nitrogens is 6. The van der Waals surface area contributed by atoms with E-state index in [1.807, 2.05) is 0 Å². The van der Waals surface area contributed by atoms with Crippen LogP contribution in [0.2, 0.25) is 15.9 Å². The van der Waals surface area contributed by atoms with Crippen LogP contribution in [0.25, 0.3) is 0 Å². The van der Waals surface area contributed by atoms with E-state index in [0.717, 1.165) is 24.3 Å². The molecule has 0 amide bonds. The molecule has 0 aliphatic carbocycles. The number of aromatic hydroxyl groups is 1. The van der Waals surface area contributed by atoms with E-state index in [9.17, 15) is 17.6 Å². The molecular weight excluding hydrogens is 803 g/mol. The van der Waals surface area contributed by atoms with Crippen molar-refractivity contribution in [2.75, 3.05) is 28.4 Å². The molecule has 0 atom stereocenters. The van der Waals surface area contributed by atoms with Gasteiger partial charge in [-0.05, 0) is 83.3 Å². The second kappa shape index (κ2) is 19.8. The smallest absolute Gasteiger partial charge is 0.331 e. The number of nitrogens with zero attached hydrogens (tertiary/aromatic N) is 6. The predicted molar refractivity (Wildman–Crippen MR) is 188 cm³/mol. The quantitative estimate of drug-likeness (QED) is 0.130. The van der Waals surface area contributed by atoms with Gasteiger partial charge in [0.2, 0.25) is 15.9 Å². The summed E-state index contributed by atoms with van der Waals surface area (Å²) in [4.78, 5) is 22.4. The fourth-order valence-corrected chi connectivity index (χ4v) is 4.47. The lowest BCUT2D eigenvalue weighted by atomic mass is 10.3. The van der Waals surface area contributed by atoms with Gasteiger partial charge < -0.3 is 38.3 Å². The van der Waals surface area contributed by atoms with Crippen LogP contribution >= 0.6 is 34.8 Å². The van der Waals surface area contributed by atoms with Crippen LogP contribution in [-0.4, -0.2) is 63.4 Å². The fourth-order valence-electron chi connectivity index (χ4n) is 3.86. The third-order valence-electron chi connectivity index (χ3n) is 6.26. The summed E-state index contributed by atoms with van der Waals surface area (Å²) in [6.07, 6.45) is 0. The zero-order valence-corrected chi connectivity index (χ0v) is 30.8. The zero-order valence-electron chi connectivity index (χ0n) is 28.6. The fraction of sp³-hybridized carbons (Fsp3) is 0.118. The zero-order chi connectivity index (χ0) is 40.1. The molecule has 0 bridgehead atoms. The average molecular weight is 828 g/mol. The van der Waals surface area contributed by atoms with Crippen molar-refractivity contribution in [2.45, 2.75) is 0 Å². The average Bonchev–Trinajstić information content (AvgIpc) is 3.12. The molecule has 0 fully saturated rings. The second-order valence-corrected chi connectivity index (χ2v) is 10.9. The van der Waals surface area contributed by atoms with Gasteiger partial charge >= 0.3 is 18.0 Å². The van der Waals surface area contributed by atoms with Crippen molar-refractivity contribution in [2.24, 2.45) is 0 Å². The number of methoxy groups -OCH3 is 4. The van der Waals surface area contributed by atoms with Gasteiger partial charge in [-0.2, -0.15) is 15.0 Å². The van der Waals surface area contributed by atoms with Crippen LogP contribution < -0.4 is 33.2 Å². The largest absolute Gasteiger partial charge is 0.508 e. The van der Waals surface area contributed by atoms with Crippen molar-refractivity contribution in [3.63, 3.8) is 0 Å². The Morgan fingerprint density at radius 2 is 0.691 bits per heavy atom. The summed E-state index contributed by atoms with van der Waals surface area (Å²) in [7, 11) is 5.34. The van der Waals surface area contributed by atoms with Crippen LogP contribution in [0.3, 0.4) is 0 Å². The molecule has 2 heterocycles. The Kier molecular flexibility index (Phi) is 15.0. The van der Waals surface area contributed by atoms with E-state index in [0.29, 0.717) is 0 Å². The molecule has 6 aromatic rings. The first-order valence-electron chi connectivity index (χ1n) is 14.9. The van der Waals surface area contributed by atoms with Crippen LogP contribution in [0, 0.1) is 23.3 Å². The number of rotatable bonds is 10. The first-order chi connectivity index (χ1) is 26.3. The molecule has 0 aliphatic rings. The van der Waals surface area contributed by atoms with Gasteiger partial charge in [0.1, 0.15) is 23.0 Å². The van der Waals surface area contributed by atoms with Gasteiger partial charge in [0, 0.05) is 24.3 Å². The number of hydrogen-bond acceptors (Lipinski definition) is 14. The molecule has 0 saturated carbocycles. The van der Waals surface area contributed by atoms with Crippen LogP contribution in [0.5, 0.6) is 64.0 Å². The Morgan fingerprint density at radius 3 is 0.945 bits per heavy atom. The summed E-state index contributed by atoms with van der Waals surface area (Å²) in [5, 5.41) is 8.74. The molecule has 0 unspecified atom stereocenters. The maximum absolute atomic E-state index is 14.1. The number of ether oxygens (including phenoxy) is 7. The normalized spacial score (nSPS) is 10.2. The van der Waals surface area contributed by atoms with Gasteiger partial charge in [-0.3, -0.25) is 0 Å². The highest BCUT2D eigenvalue weighted by Gasteiger charge is 2.16. The molecule has 0 radical (unpaired) electrons. The molecule has 288 valence electrons. The predicted octanol–water partition coefficient (Wildman–Crippen LogP) is 9.06. The van der Waals surface area contributed by atoms with E-state index in [1.165, 1.54) is 77.0 Å². The number of phenolic OH excluding ortho intramolecular Hbond substituents is 1. The molecule has 4 aromatic carbocycles. The summed E-state index contributed by atoms with van der Waals surface area (Å²) < 4.78 is 90.7. The molecule has 0 saturated heterocycles. The lowest BCUT2D eigenvalue weighted by molar-refractivity contribution is 0.353. The second-order valence-electron chi connectivity index (χ2n) is 9.84. The Morgan fingerprint density at radius 1 is 0.418 bits per heavy atom. The first kappa shape index (κ1) is 41.6. The lowest BCUT2D eigenvalue weighted by Gasteiger charge is -2.11. The monoisotopic (exact) mass is 826 g/mol. The van der Waals surface area contributed by atoms with Crippen LogP contribution in [0.1, 0.15) is 0 Å². The molecule has 1 N–H and O–H groups in total.